The van der Waals surface area contributed by atoms with E-state index in [9.17, 15) is 29.4 Å². The van der Waals surface area contributed by atoms with E-state index in [1.54, 1.807) is 38.2 Å². The Kier molecular flexibility index (Phi) is 5.95. The Morgan fingerprint density at radius 2 is 1.81 bits per heavy atom. The van der Waals surface area contributed by atoms with Crippen molar-refractivity contribution in [3.63, 3.8) is 0 Å². The van der Waals surface area contributed by atoms with Crippen LogP contribution in [0.15, 0.2) is 47.4 Å². The summed E-state index contributed by atoms with van der Waals surface area (Å²) in [6.45, 7) is 5.75. The Bertz CT molecular complexity index is 1430. The summed E-state index contributed by atoms with van der Waals surface area (Å²) in [5, 5.41) is 27.0. The molecule has 0 aromatic heterocycles. The van der Waals surface area contributed by atoms with Gasteiger partial charge in [-0.1, -0.05) is 12.1 Å². The van der Waals surface area contributed by atoms with Crippen LogP contribution in [-0.2, 0) is 26.2 Å². The van der Waals surface area contributed by atoms with Gasteiger partial charge in [-0.2, -0.15) is 0 Å². The molecule has 36 heavy (non-hydrogen) atoms. The highest BCUT2D eigenvalue weighted by atomic mass is 16.5. The van der Waals surface area contributed by atoms with Crippen LogP contribution < -0.4 is 15.4 Å². The van der Waals surface area contributed by atoms with E-state index in [0.29, 0.717) is 5.69 Å². The van der Waals surface area contributed by atoms with Crippen molar-refractivity contribution in [2.45, 2.75) is 39.5 Å². The van der Waals surface area contributed by atoms with Crippen LogP contribution >= 0.6 is 0 Å². The Labute approximate surface area is 207 Å². The lowest BCUT2D eigenvalue weighted by Crippen LogP contribution is -2.40. The number of hydrogen-bond donors (Lipinski definition) is 4. The van der Waals surface area contributed by atoms with Crippen LogP contribution in [0.2, 0.25) is 0 Å². The van der Waals surface area contributed by atoms with Gasteiger partial charge in [0, 0.05) is 30.1 Å². The lowest BCUT2D eigenvalue weighted by atomic mass is 9.70. The van der Waals surface area contributed by atoms with Gasteiger partial charge in [0.25, 0.3) is 0 Å². The first-order valence-corrected chi connectivity index (χ1v) is 11.3. The minimum Gasteiger partial charge on any atom is -0.507 e. The number of allylic oxidation sites excluding steroid dienone is 4. The third kappa shape index (κ3) is 3.64. The second-order valence-electron chi connectivity index (χ2n) is 9.06. The molecule has 9 heteroatoms. The number of Topliss-reactive ketones (excluding diaryl/α,β-unsaturated/α-hetero) is 2. The molecular weight excluding hydrogens is 464 g/mol. The van der Waals surface area contributed by atoms with Crippen LogP contribution in [0.1, 0.15) is 47.8 Å². The number of phenols is 2. The molecule has 0 saturated carbocycles. The fraction of sp³-hybridized carbons (Fsp3) is 0.259. The molecule has 1 unspecified atom stereocenters. The molecule has 2 aromatic carbocycles. The van der Waals surface area contributed by atoms with Crippen molar-refractivity contribution in [3.8, 4) is 17.2 Å². The number of carbonyl (C=O) groups is 4. The topological polar surface area (TPSA) is 142 Å². The molecule has 0 bridgehead atoms. The Morgan fingerprint density at radius 3 is 2.44 bits per heavy atom. The SMILES string of the molecule is CNC(=O)Cc1cccc(NC(C)=C2C(=O)C=C3Oc4c(C(C)=O)c(O)c(C)c(O)c4C3(C)C2=O)c1. The molecule has 4 rings (SSSR count). The zero-order valence-electron chi connectivity index (χ0n) is 20.5. The average Bonchev–Trinajstić information content (AvgIpc) is 3.10. The fourth-order valence-corrected chi connectivity index (χ4v) is 4.67. The molecule has 4 N–H and O–H groups in total. The van der Waals surface area contributed by atoms with Crippen molar-refractivity contribution < 1.29 is 34.1 Å². The average molecular weight is 491 g/mol. The van der Waals surface area contributed by atoms with Crippen molar-refractivity contribution in [2.75, 3.05) is 12.4 Å². The molecule has 1 heterocycles. The highest BCUT2D eigenvalue weighted by Gasteiger charge is 2.56. The van der Waals surface area contributed by atoms with Gasteiger partial charge in [-0.3, -0.25) is 19.2 Å². The number of rotatable bonds is 5. The van der Waals surface area contributed by atoms with Gasteiger partial charge >= 0.3 is 0 Å². The summed E-state index contributed by atoms with van der Waals surface area (Å²) >= 11 is 0. The third-order valence-electron chi connectivity index (χ3n) is 6.66. The number of ketones is 3. The largest absolute Gasteiger partial charge is 0.507 e. The molecule has 0 fully saturated rings. The normalized spacial score (nSPS) is 19.6. The van der Waals surface area contributed by atoms with Crippen molar-refractivity contribution in [3.05, 3.63) is 69.6 Å². The molecule has 1 amide bonds. The van der Waals surface area contributed by atoms with Crippen molar-refractivity contribution in [1.29, 1.82) is 0 Å². The van der Waals surface area contributed by atoms with E-state index in [2.05, 4.69) is 10.6 Å². The molecular formula is C27H26N2O7. The second-order valence-corrected chi connectivity index (χ2v) is 9.06. The lowest BCUT2D eigenvalue weighted by molar-refractivity contribution is -0.124. The summed E-state index contributed by atoms with van der Waals surface area (Å²) in [5.74, 6) is -2.87. The van der Waals surface area contributed by atoms with E-state index in [4.69, 9.17) is 4.74 Å². The van der Waals surface area contributed by atoms with Crippen LogP contribution in [0.4, 0.5) is 5.69 Å². The van der Waals surface area contributed by atoms with Gasteiger partial charge in [0.1, 0.15) is 34.0 Å². The molecule has 1 atom stereocenters. The van der Waals surface area contributed by atoms with E-state index in [0.717, 1.165) is 5.56 Å². The van der Waals surface area contributed by atoms with Crippen molar-refractivity contribution in [1.82, 2.24) is 5.32 Å². The van der Waals surface area contributed by atoms with Gasteiger partial charge in [-0.25, -0.2) is 0 Å². The number of benzene rings is 2. The van der Waals surface area contributed by atoms with E-state index in [1.807, 2.05) is 0 Å². The van der Waals surface area contributed by atoms with Crippen LogP contribution in [0.25, 0.3) is 0 Å². The van der Waals surface area contributed by atoms with Gasteiger partial charge in [-0.15, -0.1) is 0 Å². The number of nitrogens with one attached hydrogen (secondary N) is 2. The number of fused-ring (bicyclic) bond motifs is 3. The summed E-state index contributed by atoms with van der Waals surface area (Å²) in [6.07, 6.45) is 1.33. The van der Waals surface area contributed by atoms with Gasteiger partial charge in [-0.05, 0) is 45.4 Å². The lowest BCUT2D eigenvalue weighted by Gasteiger charge is -2.29. The molecule has 0 saturated heterocycles. The number of ether oxygens (including phenoxy) is 1. The van der Waals surface area contributed by atoms with Crippen LogP contribution in [0.3, 0.4) is 0 Å². The van der Waals surface area contributed by atoms with E-state index in [1.165, 1.54) is 26.8 Å². The third-order valence-corrected chi connectivity index (χ3v) is 6.66. The van der Waals surface area contributed by atoms with Gasteiger partial charge in [0.15, 0.2) is 17.3 Å². The Balaban J connectivity index is 1.81. The number of anilines is 1. The van der Waals surface area contributed by atoms with E-state index in [-0.39, 0.29) is 57.5 Å². The first-order valence-electron chi connectivity index (χ1n) is 11.3. The maximum atomic E-state index is 13.9. The summed E-state index contributed by atoms with van der Waals surface area (Å²) < 4.78 is 5.77. The first kappa shape index (κ1) is 24.7. The zero-order chi connectivity index (χ0) is 26.5. The number of amides is 1. The number of likely N-dealkylation sites (N-methyl/N-ethyl adjacent to an activating group) is 1. The van der Waals surface area contributed by atoms with Gasteiger partial charge < -0.3 is 25.6 Å². The first-order chi connectivity index (χ1) is 16.9. The summed E-state index contributed by atoms with van der Waals surface area (Å²) in [6, 6.07) is 7.02. The summed E-state index contributed by atoms with van der Waals surface area (Å²) in [4.78, 5) is 50.9. The van der Waals surface area contributed by atoms with Crippen LogP contribution in [0, 0.1) is 6.92 Å². The number of hydrogen-bond acceptors (Lipinski definition) is 8. The maximum Gasteiger partial charge on any atom is 0.224 e. The second kappa shape index (κ2) is 8.67. The molecule has 0 radical (unpaired) electrons. The van der Waals surface area contributed by atoms with Crippen molar-refractivity contribution >= 4 is 28.9 Å². The van der Waals surface area contributed by atoms with E-state index >= 15 is 0 Å². The Hall–Kier alpha value is -4.40. The van der Waals surface area contributed by atoms with Gasteiger partial charge in [0.05, 0.1) is 17.6 Å². The smallest absolute Gasteiger partial charge is 0.224 e. The Morgan fingerprint density at radius 1 is 1.11 bits per heavy atom. The summed E-state index contributed by atoms with van der Waals surface area (Å²) in [7, 11) is 1.55. The predicted molar refractivity (Wildman–Crippen MR) is 131 cm³/mol. The fourth-order valence-electron chi connectivity index (χ4n) is 4.67. The van der Waals surface area contributed by atoms with Crippen LogP contribution in [-0.4, -0.2) is 40.5 Å². The number of carbonyl (C=O) groups excluding carboxylic acids is 4. The predicted octanol–water partition coefficient (Wildman–Crippen LogP) is 2.97. The quantitative estimate of drug-likeness (QED) is 0.285. The molecule has 186 valence electrons. The highest BCUT2D eigenvalue weighted by Crippen LogP contribution is 2.57. The van der Waals surface area contributed by atoms with Crippen LogP contribution in [0.5, 0.6) is 17.2 Å². The zero-order valence-corrected chi connectivity index (χ0v) is 20.5. The summed E-state index contributed by atoms with van der Waals surface area (Å²) in [5.41, 5.74) is -0.235. The molecule has 9 nitrogen and oxygen atoms in total. The van der Waals surface area contributed by atoms with Gasteiger partial charge in [0.2, 0.25) is 5.91 Å². The van der Waals surface area contributed by atoms with Crippen molar-refractivity contribution in [2.24, 2.45) is 0 Å². The minimum atomic E-state index is -1.59. The number of aromatic hydroxyl groups is 2. The van der Waals surface area contributed by atoms with E-state index < -0.39 is 28.5 Å². The molecule has 1 aliphatic carbocycles. The number of phenolic OH excluding ortho intramolecular Hbond substituents is 2. The molecule has 2 aliphatic rings. The molecule has 1 aliphatic heterocycles. The minimum absolute atomic E-state index is 0.0283. The molecule has 0 spiro atoms. The standard InChI is InChI=1S/C27H26N2O7/c1-12-23(33)21(14(3)30)25-22(24(12)34)27(4)18(36-25)11-17(31)20(26(27)35)13(2)29-16-8-6-7-15(9-16)10-19(32)28-5/h6-9,11,29,33-34H,10H2,1-5H3,(H,28,32). The molecule has 2 aromatic rings. The highest BCUT2D eigenvalue weighted by molar-refractivity contribution is 6.31. The monoisotopic (exact) mass is 490 g/mol. The maximum absolute atomic E-state index is 13.9.